The fourth-order valence-corrected chi connectivity index (χ4v) is 8.03. The molecule has 3 heterocycles. The van der Waals surface area contributed by atoms with Gasteiger partial charge in [-0.15, -0.1) is 0 Å². The molecule has 3 aliphatic heterocycles. The Morgan fingerprint density at radius 2 is 1.80 bits per heavy atom. The molecule has 1 aromatic carbocycles. The summed E-state index contributed by atoms with van der Waals surface area (Å²) in [6.45, 7) is 8.10. The molecule has 0 bridgehead atoms. The molecule has 4 N–H and O–H groups in total. The van der Waals surface area contributed by atoms with Crippen LogP contribution in [0, 0.1) is 11.3 Å². The number of Topliss-reactive ketones (excluding diaryl/α,β-unsaturated/α-hetero) is 1. The number of ether oxygens (including phenoxy) is 1. The Hall–Kier alpha value is -3.64. The number of likely N-dealkylation sites (tertiary alicyclic amines) is 1. The van der Waals surface area contributed by atoms with E-state index < -0.39 is 52.6 Å². The zero-order chi connectivity index (χ0) is 36.5. The van der Waals surface area contributed by atoms with E-state index in [1.165, 1.54) is 11.3 Å². The number of carbonyl (C=O) groups is 5. The molecule has 2 aliphatic carbocycles. The number of hydrogen-bond acceptors (Lipinski definition) is 8. The van der Waals surface area contributed by atoms with Crippen LogP contribution in [0.1, 0.15) is 109 Å². The Balaban J connectivity index is 1.27. The van der Waals surface area contributed by atoms with Crippen LogP contribution in [0.4, 0.5) is 0 Å². The molecule has 4 atom stereocenters. The van der Waals surface area contributed by atoms with Gasteiger partial charge in [-0.25, -0.2) is 0 Å². The van der Waals surface area contributed by atoms with Gasteiger partial charge in [-0.3, -0.25) is 34.3 Å². The average molecular weight is 726 g/mol. The van der Waals surface area contributed by atoms with E-state index >= 15 is 0 Å². The first kappa shape index (κ1) is 37.1. The summed E-state index contributed by atoms with van der Waals surface area (Å²) in [6, 6.07) is 0.747. The molecule has 278 valence electrons. The first-order valence-electron chi connectivity index (χ1n) is 18.6. The lowest BCUT2D eigenvalue weighted by Gasteiger charge is -2.36. The molecule has 2 saturated carbocycles. The maximum atomic E-state index is 14.7. The van der Waals surface area contributed by atoms with Crippen molar-refractivity contribution >= 4 is 46.7 Å². The van der Waals surface area contributed by atoms with Gasteiger partial charge in [0.2, 0.25) is 23.5 Å². The number of hydroxylamine groups is 1. The zero-order valence-electron chi connectivity index (χ0n) is 30.2. The second kappa shape index (κ2) is 15.1. The number of amides is 4. The number of halogens is 1. The van der Waals surface area contributed by atoms with E-state index in [9.17, 15) is 24.0 Å². The second-order valence-corrected chi connectivity index (χ2v) is 16.5. The van der Waals surface area contributed by atoms with Gasteiger partial charge in [-0.1, -0.05) is 65.0 Å². The smallest absolute Gasteiger partial charge is 0.289 e. The van der Waals surface area contributed by atoms with Gasteiger partial charge in [0.25, 0.3) is 5.91 Å². The lowest BCUT2D eigenvalue weighted by atomic mass is 9.84. The first-order chi connectivity index (χ1) is 24.3. The summed E-state index contributed by atoms with van der Waals surface area (Å²) in [7, 11) is 0. The Morgan fingerprint density at radius 3 is 2.49 bits per heavy atom. The summed E-state index contributed by atoms with van der Waals surface area (Å²) in [5.74, 6) is -1.61. The van der Waals surface area contributed by atoms with Gasteiger partial charge in [0.1, 0.15) is 23.4 Å². The van der Waals surface area contributed by atoms with Crippen LogP contribution < -0.4 is 26.2 Å². The van der Waals surface area contributed by atoms with Crippen molar-refractivity contribution in [2.24, 2.45) is 11.3 Å². The highest BCUT2D eigenvalue weighted by atomic mass is 35.5. The second-order valence-electron chi connectivity index (χ2n) is 16.1. The number of ketones is 1. The van der Waals surface area contributed by atoms with Gasteiger partial charge in [-0.2, -0.15) is 0 Å². The minimum Gasteiger partial charge on any atom is -0.491 e. The molecule has 4 amide bonds. The summed E-state index contributed by atoms with van der Waals surface area (Å²) in [4.78, 5) is 75.9. The Bertz CT molecular complexity index is 1580. The van der Waals surface area contributed by atoms with E-state index in [-0.39, 0.29) is 37.3 Å². The van der Waals surface area contributed by atoms with E-state index in [0.717, 1.165) is 56.1 Å². The molecule has 1 aromatic rings. The largest absolute Gasteiger partial charge is 0.491 e. The van der Waals surface area contributed by atoms with Gasteiger partial charge < -0.3 is 25.6 Å². The summed E-state index contributed by atoms with van der Waals surface area (Å²) < 4.78 is 5.67. The highest BCUT2D eigenvalue weighted by molar-refractivity contribution is 6.38. The molecule has 0 unspecified atom stereocenters. The molecule has 0 radical (unpaired) electrons. The number of benzene rings is 1. The number of rotatable bonds is 12. The van der Waals surface area contributed by atoms with Crippen molar-refractivity contribution in [3.63, 3.8) is 0 Å². The fraction of sp³-hybridized carbons (Fsp3) is 0.658. The van der Waals surface area contributed by atoms with Crippen molar-refractivity contribution in [1.82, 2.24) is 26.3 Å². The van der Waals surface area contributed by atoms with E-state index in [0.29, 0.717) is 35.9 Å². The quantitative estimate of drug-likeness (QED) is 0.235. The van der Waals surface area contributed by atoms with Gasteiger partial charge in [-0.05, 0) is 67.2 Å². The average Bonchev–Trinajstić information content (AvgIpc) is 3.44. The fourth-order valence-electron chi connectivity index (χ4n) is 7.74. The zero-order valence-corrected chi connectivity index (χ0v) is 31.0. The molecule has 51 heavy (non-hydrogen) atoms. The molecule has 5 aliphatic rings. The third kappa shape index (κ3) is 8.54. The minimum absolute atomic E-state index is 0.00837. The van der Waals surface area contributed by atoms with Gasteiger partial charge >= 0.3 is 0 Å². The Kier molecular flexibility index (Phi) is 11.0. The van der Waals surface area contributed by atoms with Crippen LogP contribution in [0.25, 0.3) is 5.70 Å². The minimum atomic E-state index is -1.10. The summed E-state index contributed by atoms with van der Waals surface area (Å²) in [5.41, 5.74) is 3.64. The maximum Gasteiger partial charge on any atom is 0.289 e. The summed E-state index contributed by atoms with van der Waals surface area (Å²) in [5, 5.41) is 9.06. The van der Waals surface area contributed by atoms with Crippen molar-refractivity contribution in [2.75, 3.05) is 13.2 Å². The van der Waals surface area contributed by atoms with Gasteiger partial charge in [0.15, 0.2) is 0 Å². The summed E-state index contributed by atoms with van der Waals surface area (Å²) in [6.07, 6.45) is 10.9. The lowest BCUT2D eigenvalue weighted by molar-refractivity contribution is -0.145. The molecule has 13 heteroatoms. The number of carbonyl (C=O) groups excluding carboxylic acids is 5. The van der Waals surface area contributed by atoms with Crippen molar-refractivity contribution < 1.29 is 33.5 Å². The third-order valence-corrected chi connectivity index (χ3v) is 11.0. The van der Waals surface area contributed by atoms with E-state index in [2.05, 4.69) is 21.4 Å². The van der Waals surface area contributed by atoms with Crippen molar-refractivity contribution in [2.45, 2.75) is 135 Å². The van der Waals surface area contributed by atoms with Crippen LogP contribution in [0.5, 0.6) is 5.75 Å². The molecular weight excluding hydrogens is 674 g/mol. The topological polar surface area (TPSA) is 155 Å². The molecular formula is C38H52ClN5O7. The van der Waals surface area contributed by atoms with Crippen LogP contribution in [0.3, 0.4) is 0 Å². The molecule has 12 nitrogen and oxygen atoms in total. The van der Waals surface area contributed by atoms with Crippen LogP contribution in [0.15, 0.2) is 18.2 Å². The highest BCUT2D eigenvalue weighted by Crippen LogP contribution is 2.41. The molecule has 6 rings (SSSR count). The molecule has 0 aromatic heterocycles. The number of nitrogens with one attached hydrogen (secondary N) is 4. The SMILES string of the molecule is CCC[C@H](NC(=O)[C@@H]1C[C@]2(C=C(c3cc(Cl)c4c(c3)CCO4)NO2)CN1C(=O)[C@@H](NC(=O)CC1CCCCC1)C(C)(C)C)C(=O)C(=O)NC1CC1. The van der Waals surface area contributed by atoms with Crippen LogP contribution in [-0.2, 0) is 35.2 Å². The van der Waals surface area contributed by atoms with E-state index in [1.807, 2.05) is 39.8 Å². The predicted molar refractivity (Wildman–Crippen MR) is 191 cm³/mol. The lowest BCUT2D eigenvalue weighted by Crippen LogP contribution is -2.59. The van der Waals surface area contributed by atoms with E-state index in [1.54, 1.807) is 6.07 Å². The highest BCUT2D eigenvalue weighted by Gasteiger charge is 2.54. The maximum absolute atomic E-state index is 14.7. The van der Waals surface area contributed by atoms with Crippen molar-refractivity contribution in [3.8, 4) is 5.75 Å². The number of fused-ring (bicyclic) bond motifs is 1. The van der Waals surface area contributed by atoms with Crippen LogP contribution in [0.2, 0.25) is 5.02 Å². The Labute approximate surface area is 305 Å². The normalized spacial score (nSPS) is 24.2. The molecule has 1 spiro atoms. The standard InChI is InChI=1S/C38H52ClN5O7/c1-5-9-27(31(46)35(48)40-25-12-13-25)41-34(47)29-20-38(19-28(43-51-38)24-17-23-14-15-50-32(23)26(39)18-24)21-44(29)36(49)33(37(2,3)4)42-30(45)16-22-10-7-6-8-11-22/h17-19,22,25,27,29,33,43H,5-16,20-21H2,1-4H3,(H,40,48)(H,41,47)(H,42,45)/t27-,29-,33+,38+/m0/s1. The molecule has 1 saturated heterocycles. The van der Waals surface area contributed by atoms with Gasteiger partial charge in [0, 0.05) is 30.9 Å². The number of nitrogens with zero attached hydrogens (tertiary/aromatic N) is 1. The third-order valence-electron chi connectivity index (χ3n) is 10.7. The first-order valence-corrected chi connectivity index (χ1v) is 19.0. The van der Waals surface area contributed by atoms with Crippen LogP contribution >= 0.6 is 11.6 Å². The van der Waals surface area contributed by atoms with Crippen molar-refractivity contribution in [3.05, 3.63) is 34.4 Å². The number of hydrogen-bond donors (Lipinski definition) is 4. The van der Waals surface area contributed by atoms with Crippen LogP contribution in [-0.4, -0.2) is 77.2 Å². The van der Waals surface area contributed by atoms with E-state index in [4.69, 9.17) is 21.2 Å². The van der Waals surface area contributed by atoms with Crippen molar-refractivity contribution in [1.29, 1.82) is 0 Å². The van der Waals surface area contributed by atoms with Gasteiger partial charge in [0.05, 0.1) is 29.9 Å². The predicted octanol–water partition coefficient (Wildman–Crippen LogP) is 4.12. The monoisotopic (exact) mass is 725 g/mol. The Morgan fingerprint density at radius 1 is 1.06 bits per heavy atom. The summed E-state index contributed by atoms with van der Waals surface area (Å²) >= 11 is 6.55. The molecule has 3 fully saturated rings.